The summed E-state index contributed by atoms with van der Waals surface area (Å²) < 4.78 is 24.4. The lowest BCUT2D eigenvalue weighted by Gasteiger charge is -2.25. The van der Waals surface area contributed by atoms with Crippen molar-refractivity contribution < 1.29 is 23.8 Å². The summed E-state index contributed by atoms with van der Waals surface area (Å²) in [6, 6.07) is 11.1. The molecule has 1 unspecified atom stereocenters. The number of halogens is 1. The highest BCUT2D eigenvalue weighted by Gasteiger charge is 2.31. The van der Waals surface area contributed by atoms with Crippen LogP contribution in [0.25, 0.3) is 10.4 Å². The fraction of sp³-hybridized carbons (Fsp3) is 0.333. The van der Waals surface area contributed by atoms with Crippen LogP contribution in [-0.4, -0.2) is 48.2 Å². The van der Waals surface area contributed by atoms with Crippen LogP contribution in [0.1, 0.15) is 35.0 Å². The second-order valence-corrected chi connectivity index (χ2v) is 9.05. The maximum absolute atomic E-state index is 13.8. The van der Waals surface area contributed by atoms with Crippen molar-refractivity contribution in [3.63, 3.8) is 0 Å². The smallest absolute Gasteiger partial charge is 0.274 e. The Balaban J connectivity index is 1.61. The molecule has 9 heteroatoms. The molecule has 0 spiro atoms. The van der Waals surface area contributed by atoms with Crippen LogP contribution in [0.4, 0.5) is 9.52 Å². The molecule has 1 aromatic heterocycles. The molecule has 33 heavy (non-hydrogen) atoms. The molecule has 174 valence electrons. The Morgan fingerprint density at radius 3 is 2.67 bits per heavy atom. The standard InChI is InChI=1S/C24H26FN3O4S/c1-31-19-9-8-15(11-20(19)32-2)18(29)13-28(12-14-6-7-14)23(30)21-22(33-24(26)27-21)16-4-3-5-17(25)10-16/h3-5,8-11,14,18,29H,6-7,12-13H2,1-2H3,(H2,26,27). The van der Waals surface area contributed by atoms with E-state index in [1.807, 2.05) is 0 Å². The van der Waals surface area contributed by atoms with Gasteiger partial charge in [-0.05, 0) is 54.2 Å². The van der Waals surface area contributed by atoms with Crippen LogP contribution in [0.15, 0.2) is 42.5 Å². The number of carbonyl (C=O) groups excluding carboxylic acids is 1. The maximum atomic E-state index is 13.8. The molecule has 0 aliphatic heterocycles. The van der Waals surface area contributed by atoms with Gasteiger partial charge in [-0.25, -0.2) is 9.37 Å². The third-order valence-electron chi connectivity index (χ3n) is 5.58. The summed E-state index contributed by atoms with van der Waals surface area (Å²) in [5.41, 5.74) is 7.24. The molecule has 0 radical (unpaired) electrons. The van der Waals surface area contributed by atoms with Crippen LogP contribution in [0.2, 0.25) is 0 Å². The predicted molar refractivity (Wildman–Crippen MR) is 125 cm³/mol. The minimum atomic E-state index is -0.943. The molecule has 4 rings (SSSR count). The number of nitrogens with zero attached hydrogens (tertiary/aromatic N) is 2. The largest absolute Gasteiger partial charge is 0.493 e. The first-order valence-electron chi connectivity index (χ1n) is 10.6. The summed E-state index contributed by atoms with van der Waals surface area (Å²) in [4.78, 5) is 19.9. The van der Waals surface area contributed by atoms with Crippen LogP contribution >= 0.6 is 11.3 Å². The monoisotopic (exact) mass is 471 g/mol. The summed E-state index contributed by atoms with van der Waals surface area (Å²) in [5.74, 6) is 0.692. The van der Waals surface area contributed by atoms with Crippen molar-refractivity contribution in [3.05, 3.63) is 59.5 Å². The molecule has 0 saturated heterocycles. The van der Waals surface area contributed by atoms with E-state index in [9.17, 15) is 14.3 Å². The first kappa shape index (κ1) is 23.0. The van der Waals surface area contributed by atoms with Crippen molar-refractivity contribution in [2.45, 2.75) is 18.9 Å². The fourth-order valence-electron chi connectivity index (χ4n) is 3.68. The number of hydrogen-bond acceptors (Lipinski definition) is 7. The van der Waals surface area contributed by atoms with Crippen LogP contribution in [0, 0.1) is 11.7 Å². The molecule has 1 heterocycles. The van der Waals surface area contributed by atoms with E-state index in [4.69, 9.17) is 15.2 Å². The number of aliphatic hydroxyl groups is 1. The van der Waals surface area contributed by atoms with Gasteiger partial charge in [-0.3, -0.25) is 4.79 Å². The van der Waals surface area contributed by atoms with E-state index in [2.05, 4.69) is 4.98 Å². The summed E-state index contributed by atoms with van der Waals surface area (Å²) in [5, 5.41) is 11.2. The minimum Gasteiger partial charge on any atom is -0.493 e. The van der Waals surface area contributed by atoms with Gasteiger partial charge in [-0.2, -0.15) is 0 Å². The number of carbonyl (C=O) groups is 1. The number of aromatic nitrogens is 1. The van der Waals surface area contributed by atoms with Gasteiger partial charge in [0, 0.05) is 6.54 Å². The average Bonchev–Trinajstić information content (AvgIpc) is 3.55. The van der Waals surface area contributed by atoms with E-state index in [1.165, 1.54) is 19.2 Å². The molecule has 1 aliphatic carbocycles. The molecular formula is C24H26FN3O4S. The number of amides is 1. The second-order valence-electron chi connectivity index (χ2n) is 8.02. The van der Waals surface area contributed by atoms with Gasteiger partial charge in [0.25, 0.3) is 5.91 Å². The Morgan fingerprint density at radius 2 is 2.00 bits per heavy atom. The Morgan fingerprint density at radius 1 is 1.24 bits per heavy atom. The molecular weight excluding hydrogens is 445 g/mol. The molecule has 1 saturated carbocycles. The van der Waals surface area contributed by atoms with Gasteiger partial charge in [0.15, 0.2) is 16.6 Å². The van der Waals surface area contributed by atoms with E-state index < -0.39 is 11.9 Å². The van der Waals surface area contributed by atoms with Crippen LogP contribution in [0.5, 0.6) is 11.5 Å². The second kappa shape index (κ2) is 9.76. The van der Waals surface area contributed by atoms with Gasteiger partial charge in [0.1, 0.15) is 11.5 Å². The molecule has 7 nitrogen and oxygen atoms in total. The molecule has 3 aromatic rings. The van der Waals surface area contributed by atoms with Gasteiger partial charge in [-0.1, -0.05) is 29.5 Å². The summed E-state index contributed by atoms with van der Waals surface area (Å²) in [6.45, 7) is 0.577. The van der Waals surface area contributed by atoms with Crippen LogP contribution in [0.3, 0.4) is 0 Å². The first-order valence-corrected chi connectivity index (χ1v) is 11.4. The van der Waals surface area contributed by atoms with E-state index in [0.717, 1.165) is 24.2 Å². The highest BCUT2D eigenvalue weighted by atomic mass is 32.1. The number of anilines is 1. The topological polar surface area (TPSA) is 97.9 Å². The quantitative estimate of drug-likeness (QED) is 0.487. The van der Waals surface area contributed by atoms with E-state index >= 15 is 0 Å². The molecule has 1 aliphatic rings. The van der Waals surface area contributed by atoms with Gasteiger partial charge in [0.2, 0.25) is 0 Å². The lowest BCUT2D eigenvalue weighted by molar-refractivity contribution is 0.0606. The summed E-state index contributed by atoms with van der Waals surface area (Å²) in [6.07, 6.45) is 1.12. The Hall–Kier alpha value is -3.17. The van der Waals surface area contributed by atoms with Crippen LogP contribution < -0.4 is 15.2 Å². The highest BCUT2D eigenvalue weighted by Crippen LogP contribution is 2.36. The number of methoxy groups -OCH3 is 2. The Bertz CT molecular complexity index is 1150. The SMILES string of the molecule is COc1ccc(C(O)CN(CC2CC2)C(=O)c2nc(N)sc2-c2cccc(F)c2)cc1OC. The highest BCUT2D eigenvalue weighted by molar-refractivity contribution is 7.19. The molecule has 2 aromatic carbocycles. The van der Waals surface area contributed by atoms with Crippen LogP contribution in [-0.2, 0) is 0 Å². The number of ether oxygens (including phenoxy) is 2. The molecule has 1 atom stereocenters. The van der Waals surface area contributed by atoms with Crippen molar-refractivity contribution in [3.8, 4) is 21.9 Å². The summed E-state index contributed by atoms with van der Waals surface area (Å²) >= 11 is 1.14. The lowest BCUT2D eigenvalue weighted by Crippen LogP contribution is -2.37. The third-order valence-corrected chi connectivity index (χ3v) is 6.52. The number of nitrogen functional groups attached to an aromatic ring is 1. The van der Waals surface area contributed by atoms with E-state index in [1.54, 1.807) is 42.3 Å². The Kier molecular flexibility index (Phi) is 6.80. The normalized spacial score (nSPS) is 14.1. The van der Waals surface area contributed by atoms with Gasteiger partial charge >= 0.3 is 0 Å². The average molecular weight is 472 g/mol. The van der Waals surface area contributed by atoms with Crippen molar-refractivity contribution in [1.82, 2.24) is 9.88 Å². The number of nitrogens with two attached hydrogens (primary N) is 1. The number of hydrogen-bond donors (Lipinski definition) is 2. The van der Waals surface area contributed by atoms with Gasteiger partial charge in [0.05, 0.1) is 31.7 Å². The fourth-order valence-corrected chi connectivity index (χ4v) is 4.50. The number of aliphatic hydroxyl groups excluding tert-OH is 1. The lowest BCUT2D eigenvalue weighted by atomic mass is 10.1. The molecule has 0 bridgehead atoms. The van der Waals surface area contributed by atoms with E-state index in [-0.39, 0.29) is 23.3 Å². The predicted octanol–water partition coefficient (Wildman–Crippen LogP) is 4.13. The van der Waals surface area contributed by atoms with Crippen molar-refractivity contribution in [2.24, 2.45) is 5.92 Å². The van der Waals surface area contributed by atoms with Gasteiger partial charge in [-0.15, -0.1) is 0 Å². The minimum absolute atomic E-state index is 0.0742. The Labute approximate surface area is 195 Å². The van der Waals surface area contributed by atoms with Crippen molar-refractivity contribution >= 4 is 22.4 Å². The molecule has 1 amide bonds. The third kappa shape index (κ3) is 5.26. The van der Waals surface area contributed by atoms with E-state index in [0.29, 0.717) is 40.0 Å². The maximum Gasteiger partial charge on any atom is 0.274 e. The zero-order chi connectivity index (χ0) is 23.5. The summed E-state index contributed by atoms with van der Waals surface area (Å²) in [7, 11) is 3.07. The van der Waals surface area contributed by atoms with Crippen molar-refractivity contribution in [2.75, 3.05) is 33.0 Å². The van der Waals surface area contributed by atoms with Crippen molar-refractivity contribution in [1.29, 1.82) is 0 Å². The number of rotatable bonds is 9. The molecule has 1 fully saturated rings. The number of benzene rings is 2. The number of thiazole rings is 1. The van der Waals surface area contributed by atoms with Gasteiger partial charge < -0.3 is 25.2 Å². The molecule has 3 N–H and O–H groups in total. The first-order chi connectivity index (χ1) is 15.9. The zero-order valence-corrected chi connectivity index (χ0v) is 19.3. The zero-order valence-electron chi connectivity index (χ0n) is 18.5.